The summed E-state index contributed by atoms with van der Waals surface area (Å²) >= 11 is 1.38. The minimum atomic E-state index is -0.283. The monoisotopic (exact) mass is 433 g/mol. The number of nitrogens with one attached hydrogen (secondary N) is 1. The lowest BCUT2D eigenvalue weighted by atomic mass is 10.1. The molecule has 0 aliphatic rings. The van der Waals surface area contributed by atoms with Crippen molar-refractivity contribution in [3.63, 3.8) is 0 Å². The van der Waals surface area contributed by atoms with E-state index in [-0.39, 0.29) is 17.2 Å². The highest BCUT2D eigenvalue weighted by Crippen LogP contribution is 2.29. The average molecular weight is 434 g/mol. The number of amides is 1. The van der Waals surface area contributed by atoms with Crippen LogP contribution in [0, 0.1) is 0 Å². The fraction of sp³-hybridized carbons (Fsp3) is 0.333. The number of hydrogen-bond acceptors (Lipinski definition) is 5. The van der Waals surface area contributed by atoms with Crippen molar-refractivity contribution in [1.29, 1.82) is 0 Å². The number of para-hydroxylation sites is 1. The molecule has 6 nitrogen and oxygen atoms in total. The minimum Gasteiger partial charge on any atom is -0.349 e. The fourth-order valence-electron chi connectivity index (χ4n) is 3.77. The van der Waals surface area contributed by atoms with Crippen LogP contribution < -0.4 is 5.32 Å². The summed E-state index contributed by atoms with van der Waals surface area (Å²) in [6.07, 6.45) is 1.68. The zero-order chi connectivity index (χ0) is 21.8. The normalized spacial score (nSPS) is 13.4. The van der Waals surface area contributed by atoms with E-state index in [0.717, 1.165) is 40.6 Å². The van der Waals surface area contributed by atoms with Crippen molar-refractivity contribution < 1.29 is 4.79 Å². The van der Waals surface area contributed by atoms with E-state index >= 15 is 0 Å². The van der Waals surface area contributed by atoms with Gasteiger partial charge in [0.2, 0.25) is 11.1 Å². The SMILES string of the molecule is CCCn1c2ccccc2c2nnc(S[C@H](CC)C(=O)N[C@@H](C)c3ccccc3)nc21. The maximum atomic E-state index is 12.9. The van der Waals surface area contributed by atoms with Gasteiger partial charge in [0.05, 0.1) is 16.8 Å². The summed E-state index contributed by atoms with van der Waals surface area (Å²) in [5.41, 5.74) is 3.83. The topological polar surface area (TPSA) is 72.7 Å². The summed E-state index contributed by atoms with van der Waals surface area (Å²) in [6.45, 7) is 7.01. The van der Waals surface area contributed by atoms with E-state index in [1.165, 1.54) is 11.8 Å². The van der Waals surface area contributed by atoms with E-state index in [1.807, 2.05) is 56.3 Å². The maximum Gasteiger partial charge on any atom is 0.234 e. The molecule has 0 fully saturated rings. The Morgan fingerprint density at radius 3 is 2.55 bits per heavy atom. The number of benzene rings is 2. The third-order valence-electron chi connectivity index (χ3n) is 5.37. The van der Waals surface area contributed by atoms with Gasteiger partial charge in [0.25, 0.3) is 0 Å². The zero-order valence-electron chi connectivity index (χ0n) is 18.1. The Morgan fingerprint density at radius 1 is 1.06 bits per heavy atom. The van der Waals surface area contributed by atoms with Crippen LogP contribution >= 0.6 is 11.8 Å². The Hall–Kier alpha value is -2.93. The number of rotatable bonds is 8. The summed E-state index contributed by atoms with van der Waals surface area (Å²) in [6, 6.07) is 18.1. The van der Waals surface area contributed by atoms with E-state index in [0.29, 0.717) is 11.6 Å². The molecule has 31 heavy (non-hydrogen) atoms. The molecule has 1 N–H and O–H groups in total. The highest BCUT2D eigenvalue weighted by molar-refractivity contribution is 8.00. The first-order valence-electron chi connectivity index (χ1n) is 10.8. The van der Waals surface area contributed by atoms with E-state index in [9.17, 15) is 4.79 Å². The van der Waals surface area contributed by atoms with Crippen LogP contribution in [-0.2, 0) is 11.3 Å². The van der Waals surface area contributed by atoms with Gasteiger partial charge in [-0.25, -0.2) is 4.98 Å². The van der Waals surface area contributed by atoms with Gasteiger partial charge in [-0.15, -0.1) is 10.2 Å². The van der Waals surface area contributed by atoms with Crippen LogP contribution in [0.2, 0.25) is 0 Å². The number of nitrogens with zero attached hydrogens (tertiary/aromatic N) is 4. The summed E-state index contributed by atoms with van der Waals surface area (Å²) in [5, 5.41) is 13.3. The molecular formula is C24H27N5OS. The highest BCUT2D eigenvalue weighted by Gasteiger charge is 2.23. The molecule has 0 aliphatic heterocycles. The van der Waals surface area contributed by atoms with Crippen LogP contribution in [0.5, 0.6) is 0 Å². The largest absolute Gasteiger partial charge is 0.349 e. The van der Waals surface area contributed by atoms with Gasteiger partial charge in [-0.05, 0) is 31.4 Å². The Labute approximate surface area is 186 Å². The Morgan fingerprint density at radius 2 is 1.81 bits per heavy atom. The first-order valence-corrected chi connectivity index (χ1v) is 11.6. The smallest absolute Gasteiger partial charge is 0.234 e. The van der Waals surface area contributed by atoms with Gasteiger partial charge < -0.3 is 9.88 Å². The van der Waals surface area contributed by atoms with Gasteiger partial charge >= 0.3 is 0 Å². The molecule has 4 aromatic rings. The molecule has 0 saturated heterocycles. The molecule has 0 saturated carbocycles. The second kappa shape index (κ2) is 9.47. The predicted molar refractivity (Wildman–Crippen MR) is 126 cm³/mol. The van der Waals surface area contributed by atoms with E-state index in [1.54, 1.807) is 0 Å². The van der Waals surface area contributed by atoms with Crippen molar-refractivity contribution >= 4 is 39.7 Å². The van der Waals surface area contributed by atoms with Crippen molar-refractivity contribution in [3.8, 4) is 0 Å². The summed E-state index contributed by atoms with van der Waals surface area (Å²) in [5.74, 6) is -0.0124. The standard InChI is InChI=1S/C24H27N5OS/c1-4-15-29-19-14-10-9-13-18(19)21-22(29)26-24(28-27-21)31-20(5-2)23(30)25-16(3)17-11-7-6-8-12-17/h6-14,16,20H,4-5,15H2,1-3H3,(H,25,30)/t16-,20+/m0/s1. The lowest BCUT2D eigenvalue weighted by molar-refractivity contribution is -0.121. The van der Waals surface area contributed by atoms with E-state index in [2.05, 4.69) is 39.1 Å². The predicted octanol–water partition coefficient (Wildman–Crippen LogP) is 5.14. The molecular weight excluding hydrogens is 406 g/mol. The Kier molecular flexibility index (Phi) is 6.51. The summed E-state index contributed by atoms with van der Waals surface area (Å²) in [7, 11) is 0. The third-order valence-corrected chi connectivity index (χ3v) is 6.59. The molecule has 0 bridgehead atoms. The second-order valence-electron chi connectivity index (χ2n) is 7.59. The molecule has 0 aliphatic carbocycles. The van der Waals surface area contributed by atoms with E-state index < -0.39 is 0 Å². The number of carbonyl (C=O) groups is 1. The summed E-state index contributed by atoms with van der Waals surface area (Å²) in [4.78, 5) is 17.7. The van der Waals surface area contributed by atoms with E-state index in [4.69, 9.17) is 4.98 Å². The van der Waals surface area contributed by atoms with Gasteiger partial charge in [-0.3, -0.25) is 4.79 Å². The van der Waals surface area contributed by atoms with Crippen LogP contribution in [0.15, 0.2) is 59.8 Å². The Bertz CT molecular complexity index is 1190. The second-order valence-corrected chi connectivity index (χ2v) is 8.76. The third kappa shape index (κ3) is 4.42. The Balaban J connectivity index is 1.58. The van der Waals surface area contributed by atoms with Crippen LogP contribution in [0.1, 0.15) is 45.2 Å². The van der Waals surface area contributed by atoms with Gasteiger partial charge in [0, 0.05) is 11.9 Å². The minimum absolute atomic E-state index is 0.0124. The summed E-state index contributed by atoms with van der Waals surface area (Å²) < 4.78 is 2.20. The van der Waals surface area contributed by atoms with Gasteiger partial charge in [-0.2, -0.15) is 0 Å². The van der Waals surface area contributed by atoms with Crippen LogP contribution in [-0.4, -0.2) is 30.9 Å². The molecule has 0 radical (unpaired) electrons. The molecule has 4 rings (SSSR count). The highest BCUT2D eigenvalue weighted by atomic mass is 32.2. The first kappa shape index (κ1) is 21.3. The van der Waals surface area contributed by atoms with Crippen molar-refractivity contribution in [1.82, 2.24) is 25.1 Å². The van der Waals surface area contributed by atoms with Crippen molar-refractivity contribution in [2.24, 2.45) is 0 Å². The van der Waals surface area contributed by atoms with Crippen LogP contribution in [0.3, 0.4) is 0 Å². The maximum absolute atomic E-state index is 12.9. The number of aryl methyl sites for hydroxylation is 1. The molecule has 2 heterocycles. The molecule has 0 spiro atoms. The van der Waals surface area contributed by atoms with Gasteiger partial charge in [-0.1, -0.05) is 74.1 Å². The molecule has 160 valence electrons. The van der Waals surface area contributed by atoms with Crippen molar-refractivity contribution in [2.45, 2.75) is 56.6 Å². The van der Waals surface area contributed by atoms with Gasteiger partial charge in [0.15, 0.2) is 5.65 Å². The zero-order valence-corrected chi connectivity index (χ0v) is 18.9. The molecule has 1 amide bonds. The number of aromatic nitrogens is 4. The van der Waals surface area contributed by atoms with Crippen molar-refractivity contribution in [3.05, 3.63) is 60.2 Å². The number of fused-ring (bicyclic) bond motifs is 3. The number of thioether (sulfide) groups is 1. The van der Waals surface area contributed by atoms with Gasteiger partial charge in [0.1, 0.15) is 5.52 Å². The number of hydrogen-bond donors (Lipinski definition) is 1. The molecule has 2 aromatic heterocycles. The fourth-order valence-corrected chi connectivity index (χ4v) is 4.59. The van der Waals surface area contributed by atoms with Crippen LogP contribution in [0.25, 0.3) is 22.1 Å². The molecule has 7 heteroatoms. The molecule has 0 unspecified atom stereocenters. The first-order chi connectivity index (χ1) is 15.1. The molecule has 2 atom stereocenters. The van der Waals surface area contributed by atoms with Crippen molar-refractivity contribution in [2.75, 3.05) is 0 Å². The van der Waals surface area contributed by atoms with Crippen LogP contribution in [0.4, 0.5) is 0 Å². The number of carbonyl (C=O) groups excluding carboxylic acids is 1. The lowest BCUT2D eigenvalue weighted by Gasteiger charge is -2.18. The lowest BCUT2D eigenvalue weighted by Crippen LogP contribution is -2.34. The quantitative estimate of drug-likeness (QED) is 0.390. The molecule has 2 aromatic carbocycles. The average Bonchev–Trinajstić information content (AvgIpc) is 3.11.